The van der Waals surface area contributed by atoms with E-state index in [1.54, 1.807) is 0 Å². The molecule has 1 aliphatic heterocycles. The molecule has 2 aromatic carbocycles. The molecule has 1 fully saturated rings. The van der Waals surface area contributed by atoms with Crippen LogP contribution in [0.2, 0.25) is 5.02 Å². The van der Waals surface area contributed by atoms with Crippen LogP contribution in [0.3, 0.4) is 0 Å². The molecular weight excluding hydrogens is 478 g/mol. The highest BCUT2D eigenvalue weighted by molar-refractivity contribution is 7.92. The zero-order valence-corrected chi connectivity index (χ0v) is 19.1. The second-order valence-electron chi connectivity index (χ2n) is 6.92. The van der Waals surface area contributed by atoms with E-state index in [2.05, 4.69) is 9.62 Å². The van der Waals surface area contributed by atoms with Crippen LogP contribution in [0.5, 0.6) is 5.75 Å². The molecule has 3 rings (SSSR count). The minimum atomic E-state index is -4.70. The number of nitrogens with zero attached hydrogens (tertiary/aromatic N) is 2. The van der Waals surface area contributed by atoms with Gasteiger partial charge in [0.2, 0.25) is 0 Å². The van der Waals surface area contributed by atoms with Crippen LogP contribution >= 0.6 is 24.0 Å². The Morgan fingerprint density at radius 2 is 1.71 bits per heavy atom. The normalized spacial score (nSPS) is 15.4. The van der Waals surface area contributed by atoms with Crippen molar-refractivity contribution in [3.63, 3.8) is 0 Å². The SMILES string of the molecule is COc1ccc(S(=O)(=O)Nc2ccc(Cl)c(C(F)(F)F)c2)cc1N1CCN(C)CC1.Cl. The molecule has 0 aliphatic carbocycles. The third kappa shape index (κ3) is 5.88. The van der Waals surface area contributed by atoms with Crippen molar-refractivity contribution in [3.05, 3.63) is 47.0 Å². The Morgan fingerprint density at radius 3 is 2.29 bits per heavy atom. The van der Waals surface area contributed by atoms with Crippen LogP contribution in [-0.4, -0.2) is 53.7 Å². The van der Waals surface area contributed by atoms with Crippen molar-refractivity contribution < 1.29 is 26.3 Å². The highest BCUT2D eigenvalue weighted by Crippen LogP contribution is 2.37. The first-order valence-electron chi connectivity index (χ1n) is 9.02. The summed E-state index contributed by atoms with van der Waals surface area (Å²) in [6.07, 6.45) is -4.70. The molecule has 12 heteroatoms. The van der Waals surface area contributed by atoms with Crippen molar-refractivity contribution in [2.75, 3.05) is 50.0 Å². The highest BCUT2D eigenvalue weighted by atomic mass is 35.5. The summed E-state index contributed by atoms with van der Waals surface area (Å²) in [6.45, 7) is 3.00. The van der Waals surface area contributed by atoms with E-state index in [-0.39, 0.29) is 23.0 Å². The van der Waals surface area contributed by atoms with Gasteiger partial charge in [0.1, 0.15) is 5.75 Å². The van der Waals surface area contributed by atoms with Crippen LogP contribution < -0.4 is 14.4 Å². The molecule has 0 radical (unpaired) electrons. The molecule has 1 saturated heterocycles. The van der Waals surface area contributed by atoms with Crippen molar-refractivity contribution in [3.8, 4) is 5.75 Å². The molecule has 0 spiro atoms. The van der Waals surface area contributed by atoms with Gasteiger partial charge in [-0.1, -0.05) is 11.6 Å². The lowest BCUT2D eigenvalue weighted by Crippen LogP contribution is -2.44. The average molecular weight is 500 g/mol. The largest absolute Gasteiger partial charge is 0.495 e. The van der Waals surface area contributed by atoms with Gasteiger partial charge >= 0.3 is 6.18 Å². The zero-order valence-electron chi connectivity index (χ0n) is 16.7. The van der Waals surface area contributed by atoms with Gasteiger partial charge in [0.05, 0.1) is 28.3 Å². The van der Waals surface area contributed by atoms with Gasteiger partial charge < -0.3 is 14.5 Å². The molecule has 2 aromatic rings. The second kappa shape index (κ2) is 9.72. The van der Waals surface area contributed by atoms with E-state index in [9.17, 15) is 21.6 Å². The van der Waals surface area contributed by atoms with Crippen molar-refractivity contribution in [1.82, 2.24) is 4.90 Å². The molecule has 0 saturated carbocycles. The maximum Gasteiger partial charge on any atom is 0.417 e. The minimum Gasteiger partial charge on any atom is -0.495 e. The fourth-order valence-corrected chi connectivity index (χ4v) is 4.45. The standard InChI is InChI=1S/C19H21ClF3N3O3S.ClH/c1-25-7-9-26(10-8-25)17-12-14(4-6-18(17)29-2)30(27,28)24-13-3-5-16(20)15(11-13)19(21,22)23;/h3-6,11-12,24H,7-10H2,1-2H3;1H. The lowest BCUT2D eigenvalue weighted by molar-refractivity contribution is -0.137. The Bertz CT molecular complexity index is 1030. The fraction of sp³-hybridized carbons (Fsp3) is 0.368. The van der Waals surface area contributed by atoms with Crippen molar-refractivity contribution in [1.29, 1.82) is 0 Å². The number of halogens is 5. The average Bonchev–Trinajstić information content (AvgIpc) is 2.68. The van der Waals surface area contributed by atoms with Gasteiger partial charge in [-0.2, -0.15) is 13.2 Å². The van der Waals surface area contributed by atoms with E-state index in [4.69, 9.17) is 16.3 Å². The molecular formula is C19H22Cl2F3N3O3S. The number of alkyl halides is 3. The van der Waals surface area contributed by atoms with Gasteiger partial charge in [-0.3, -0.25) is 4.72 Å². The van der Waals surface area contributed by atoms with Crippen molar-refractivity contribution in [2.24, 2.45) is 0 Å². The number of likely N-dealkylation sites (N-methyl/N-ethyl adjacent to an activating group) is 1. The lowest BCUT2D eigenvalue weighted by Gasteiger charge is -2.34. The Balaban J connectivity index is 0.00000341. The van der Waals surface area contributed by atoms with Crippen LogP contribution in [0.25, 0.3) is 0 Å². The summed E-state index contributed by atoms with van der Waals surface area (Å²) >= 11 is 5.60. The highest BCUT2D eigenvalue weighted by Gasteiger charge is 2.33. The molecule has 0 atom stereocenters. The number of benzene rings is 2. The third-order valence-corrected chi connectivity index (χ3v) is 6.54. The van der Waals surface area contributed by atoms with E-state index in [0.717, 1.165) is 19.2 Å². The summed E-state index contributed by atoms with van der Waals surface area (Å²) in [5.41, 5.74) is -0.735. The summed E-state index contributed by atoms with van der Waals surface area (Å²) in [6, 6.07) is 7.20. The van der Waals surface area contributed by atoms with Gasteiger partial charge in [0, 0.05) is 31.9 Å². The zero-order chi connectivity index (χ0) is 22.1. The smallest absolute Gasteiger partial charge is 0.417 e. The summed E-state index contributed by atoms with van der Waals surface area (Å²) < 4.78 is 72.5. The number of hydrogen-bond acceptors (Lipinski definition) is 5. The van der Waals surface area contributed by atoms with E-state index < -0.39 is 26.8 Å². The number of anilines is 2. The molecule has 6 nitrogen and oxygen atoms in total. The molecule has 0 bridgehead atoms. The van der Waals surface area contributed by atoms with Gasteiger partial charge in [0.25, 0.3) is 10.0 Å². The number of sulfonamides is 1. The number of ether oxygens (including phenoxy) is 1. The number of rotatable bonds is 5. The molecule has 1 aliphatic rings. The number of piperazine rings is 1. The Hall–Kier alpha value is -1.88. The molecule has 0 aromatic heterocycles. The summed E-state index contributed by atoms with van der Waals surface area (Å²) in [7, 11) is -0.644. The third-order valence-electron chi connectivity index (χ3n) is 4.83. The number of hydrogen-bond donors (Lipinski definition) is 1. The second-order valence-corrected chi connectivity index (χ2v) is 9.01. The first kappa shape index (κ1) is 25.4. The van der Waals surface area contributed by atoms with Crippen LogP contribution in [0.4, 0.5) is 24.5 Å². The quantitative estimate of drug-likeness (QED) is 0.662. The maximum absolute atomic E-state index is 13.1. The number of methoxy groups -OCH3 is 1. The topological polar surface area (TPSA) is 61.9 Å². The number of nitrogens with one attached hydrogen (secondary N) is 1. The maximum atomic E-state index is 13.1. The predicted octanol–water partition coefficient (Wildman–Crippen LogP) is 4.34. The summed E-state index contributed by atoms with van der Waals surface area (Å²) in [5.74, 6) is 0.518. The molecule has 0 amide bonds. The van der Waals surface area contributed by atoms with Crippen LogP contribution in [0, 0.1) is 0 Å². The van der Waals surface area contributed by atoms with Crippen LogP contribution in [-0.2, 0) is 16.2 Å². The van der Waals surface area contributed by atoms with E-state index in [1.165, 1.54) is 31.4 Å². The predicted molar refractivity (Wildman–Crippen MR) is 117 cm³/mol. The lowest BCUT2D eigenvalue weighted by atomic mass is 10.2. The molecule has 31 heavy (non-hydrogen) atoms. The van der Waals surface area contributed by atoms with E-state index >= 15 is 0 Å². The van der Waals surface area contributed by atoms with E-state index in [0.29, 0.717) is 30.6 Å². The molecule has 0 unspecified atom stereocenters. The molecule has 1 N–H and O–H groups in total. The van der Waals surface area contributed by atoms with Crippen molar-refractivity contribution >= 4 is 45.4 Å². The summed E-state index contributed by atoms with van der Waals surface area (Å²) in [4.78, 5) is 4.09. The first-order chi connectivity index (χ1) is 14.0. The summed E-state index contributed by atoms with van der Waals surface area (Å²) in [5, 5.41) is -0.507. The van der Waals surface area contributed by atoms with Crippen LogP contribution in [0.15, 0.2) is 41.3 Å². The monoisotopic (exact) mass is 499 g/mol. The van der Waals surface area contributed by atoms with Crippen LogP contribution in [0.1, 0.15) is 5.56 Å². The van der Waals surface area contributed by atoms with Gasteiger partial charge in [-0.25, -0.2) is 8.42 Å². The minimum absolute atomic E-state index is 0. The Morgan fingerprint density at radius 1 is 1.06 bits per heavy atom. The first-order valence-corrected chi connectivity index (χ1v) is 10.9. The Labute approximate surface area is 190 Å². The molecule has 172 valence electrons. The van der Waals surface area contributed by atoms with Crippen molar-refractivity contribution in [2.45, 2.75) is 11.1 Å². The molecule has 1 heterocycles. The van der Waals surface area contributed by atoms with Gasteiger partial charge in [-0.05, 0) is 43.4 Å². The Kier molecular flexibility index (Phi) is 7.96. The van der Waals surface area contributed by atoms with Gasteiger partial charge in [0.15, 0.2) is 0 Å². The fourth-order valence-electron chi connectivity index (χ4n) is 3.15. The van der Waals surface area contributed by atoms with Gasteiger partial charge in [-0.15, -0.1) is 12.4 Å². The van der Waals surface area contributed by atoms with E-state index in [1.807, 2.05) is 11.9 Å².